The van der Waals surface area contributed by atoms with Crippen molar-refractivity contribution in [1.29, 1.82) is 0 Å². The second-order valence-electron chi connectivity index (χ2n) is 5.80. The zero-order valence-corrected chi connectivity index (χ0v) is 13.4. The normalized spacial score (nSPS) is 16.9. The van der Waals surface area contributed by atoms with Gasteiger partial charge in [0.1, 0.15) is 5.41 Å². The van der Waals surface area contributed by atoms with Crippen molar-refractivity contribution in [1.82, 2.24) is 10.1 Å². The first-order valence-electron chi connectivity index (χ1n) is 8.19. The van der Waals surface area contributed by atoms with E-state index >= 15 is 0 Å². The summed E-state index contributed by atoms with van der Waals surface area (Å²) in [6, 6.07) is 0. The fraction of sp³-hybridized carbons (Fsp3) is 0.812. The number of nitrogens with zero attached hydrogens (tertiary/aromatic N) is 2. The predicted octanol–water partition coefficient (Wildman–Crippen LogP) is 3.74. The molecule has 0 aliphatic heterocycles. The van der Waals surface area contributed by atoms with Crippen LogP contribution in [0.15, 0.2) is 4.52 Å². The van der Waals surface area contributed by atoms with Crippen molar-refractivity contribution in [2.45, 2.75) is 77.0 Å². The third-order valence-electron chi connectivity index (χ3n) is 4.69. The molecule has 0 saturated heterocycles. The summed E-state index contributed by atoms with van der Waals surface area (Å²) in [6.07, 6.45) is 7.17. The maximum Gasteiger partial charge on any atom is 0.321 e. The third kappa shape index (κ3) is 3.11. The van der Waals surface area contributed by atoms with Crippen molar-refractivity contribution in [3.63, 3.8) is 0 Å². The molecule has 118 valence electrons. The van der Waals surface area contributed by atoms with Crippen LogP contribution in [0.2, 0.25) is 0 Å². The number of esters is 1. The van der Waals surface area contributed by atoms with Gasteiger partial charge in [-0.25, -0.2) is 0 Å². The summed E-state index contributed by atoms with van der Waals surface area (Å²) in [5.41, 5.74) is -0.796. The van der Waals surface area contributed by atoms with Crippen molar-refractivity contribution < 1.29 is 14.1 Å². The highest BCUT2D eigenvalue weighted by molar-refractivity contribution is 5.81. The molecule has 0 atom stereocenters. The maximum absolute atomic E-state index is 12.4. The van der Waals surface area contributed by atoms with Gasteiger partial charge in [0.25, 0.3) is 0 Å². The first-order valence-corrected chi connectivity index (χ1v) is 8.19. The lowest BCUT2D eigenvalue weighted by Crippen LogP contribution is -2.37. The number of aromatic nitrogens is 2. The van der Waals surface area contributed by atoms with Gasteiger partial charge in [-0.1, -0.05) is 38.3 Å². The summed E-state index contributed by atoms with van der Waals surface area (Å²) in [5, 5.41) is 4.15. The molecule has 0 N–H and O–H groups in total. The smallest absolute Gasteiger partial charge is 0.321 e. The molecule has 0 aromatic carbocycles. The van der Waals surface area contributed by atoms with Crippen LogP contribution in [0.3, 0.4) is 0 Å². The molecule has 1 heterocycles. The highest BCUT2D eigenvalue weighted by atomic mass is 16.5. The molecule has 1 aromatic heterocycles. The van der Waals surface area contributed by atoms with Crippen LogP contribution in [-0.4, -0.2) is 22.7 Å². The van der Waals surface area contributed by atoms with E-state index in [0.717, 1.165) is 18.7 Å². The Morgan fingerprint density at radius 1 is 1.24 bits per heavy atom. The Balaban J connectivity index is 2.24. The van der Waals surface area contributed by atoms with Gasteiger partial charge >= 0.3 is 5.97 Å². The van der Waals surface area contributed by atoms with E-state index in [-0.39, 0.29) is 5.97 Å². The van der Waals surface area contributed by atoms with Gasteiger partial charge in [0.2, 0.25) is 5.89 Å². The molecule has 1 saturated carbocycles. The van der Waals surface area contributed by atoms with Gasteiger partial charge in [-0.2, -0.15) is 4.98 Å². The molecule has 5 heteroatoms. The molecule has 2 rings (SSSR count). The zero-order chi connectivity index (χ0) is 15.3. The summed E-state index contributed by atoms with van der Waals surface area (Å²) in [6.45, 7) is 6.11. The summed E-state index contributed by atoms with van der Waals surface area (Å²) in [5.74, 6) is 1.31. The van der Waals surface area contributed by atoms with Crippen LogP contribution in [0.4, 0.5) is 0 Å². The lowest BCUT2D eigenvalue weighted by atomic mass is 9.82. The van der Waals surface area contributed by atoms with Gasteiger partial charge in [0, 0.05) is 5.92 Å². The maximum atomic E-state index is 12.4. The van der Waals surface area contributed by atoms with E-state index in [1.807, 2.05) is 20.8 Å². The Morgan fingerprint density at radius 3 is 2.48 bits per heavy atom. The minimum atomic E-state index is -0.796. The molecule has 1 fully saturated rings. The number of hydrogen-bond acceptors (Lipinski definition) is 5. The van der Waals surface area contributed by atoms with Gasteiger partial charge in [-0.15, -0.1) is 0 Å². The van der Waals surface area contributed by atoms with E-state index in [1.165, 1.54) is 19.3 Å². The van der Waals surface area contributed by atoms with E-state index in [0.29, 0.717) is 31.3 Å². The fourth-order valence-electron chi connectivity index (χ4n) is 3.15. The Hall–Kier alpha value is -1.39. The molecule has 0 bridgehead atoms. The number of carbonyl (C=O) groups excluding carboxylic acids is 1. The molecular weight excluding hydrogens is 268 g/mol. The standard InChI is InChI=1S/C16H26N2O3/c1-4-16(5-2,15(19)20-6-3)14-17-13(18-21-14)12-10-8-7-9-11-12/h12H,4-11H2,1-3H3. The minimum absolute atomic E-state index is 0.256. The molecule has 0 unspecified atom stereocenters. The zero-order valence-electron chi connectivity index (χ0n) is 13.4. The number of rotatable bonds is 6. The van der Waals surface area contributed by atoms with Gasteiger partial charge in [-0.05, 0) is 32.6 Å². The van der Waals surface area contributed by atoms with Crippen molar-refractivity contribution in [2.75, 3.05) is 6.61 Å². The lowest BCUT2D eigenvalue weighted by molar-refractivity contribution is -0.151. The van der Waals surface area contributed by atoms with Gasteiger partial charge in [-0.3, -0.25) is 4.79 Å². The van der Waals surface area contributed by atoms with Crippen LogP contribution in [0.25, 0.3) is 0 Å². The summed E-state index contributed by atoms with van der Waals surface area (Å²) in [7, 11) is 0. The third-order valence-corrected chi connectivity index (χ3v) is 4.69. The van der Waals surface area contributed by atoms with Gasteiger partial charge in [0.15, 0.2) is 5.82 Å². The second-order valence-corrected chi connectivity index (χ2v) is 5.80. The minimum Gasteiger partial charge on any atom is -0.465 e. The second kappa shape index (κ2) is 7.05. The molecule has 0 radical (unpaired) electrons. The SMILES string of the molecule is CCOC(=O)C(CC)(CC)c1nc(C2CCCCC2)no1. The molecule has 1 aromatic rings. The van der Waals surface area contributed by atoms with Crippen molar-refractivity contribution >= 4 is 5.97 Å². The van der Waals surface area contributed by atoms with E-state index in [1.54, 1.807) is 0 Å². The largest absolute Gasteiger partial charge is 0.465 e. The Morgan fingerprint density at radius 2 is 1.90 bits per heavy atom. The van der Waals surface area contributed by atoms with Crippen LogP contribution in [0.1, 0.15) is 83.3 Å². The topological polar surface area (TPSA) is 65.2 Å². The molecule has 1 aliphatic rings. The van der Waals surface area contributed by atoms with Gasteiger partial charge in [0.05, 0.1) is 6.61 Å². The van der Waals surface area contributed by atoms with E-state index in [2.05, 4.69) is 10.1 Å². The molecule has 1 aliphatic carbocycles. The lowest BCUT2D eigenvalue weighted by Gasteiger charge is -2.24. The van der Waals surface area contributed by atoms with Crippen LogP contribution >= 0.6 is 0 Å². The highest BCUT2D eigenvalue weighted by Crippen LogP contribution is 2.35. The number of carbonyl (C=O) groups is 1. The summed E-state index contributed by atoms with van der Waals surface area (Å²) < 4.78 is 10.7. The van der Waals surface area contributed by atoms with E-state index in [9.17, 15) is 4.79 Å². The van der Waals surface area contributed by atoms with Gasteiger partial charge < -0.3 is 9.26 Å². The van der Waals surface area contributed by atoms with Crippen LogP contribution < -0.4 is 0 Å². The quantitative estimate of drug-likeness (QED) is 0.748. The average molecular weight is 294 g/mol. The summed E-state index contributed by atoms with van der Waals surface area (Å²) in [4.78, 5) is 16.9. The molecule has 5 nitrogen and oxygen atoms in total. The Kier molecular flexibility index (Phi) is 5.37. The van der Waals surface area contributed by atoms with Crippen LogP contribution in [-0.2, 0) is 14.9 Å². The van der Waals surface area contributed by atoms with Crippen LogP contribution in [0, 0.1) is 0 Å². The monoisotopic (exact) mass is 294 g/mol. The number of hydrogen-bond donors (Lipinski definition) is 0. The Labute approximate surface area is 126 Å². The molecule has 21 heavy (non-hydrogen) atoms. The Bertz CT molecular complexity index is 460. The number of ether oxygens (including phenoxy) is 1. The highest BCUT2D eigenvalue weighted by Gasteiger charge is 2.44. The predicted molar refractivity (Wildman–Crippen MR) is 79.0 cm³/mol. The molecule has 0 spiro atoms. The first kappa shape index (κ1) is 16.0. The van der Waals surface area contributed by atoms with Crippen molar-refractivity contribution in [2.24, 2.45) is 0 Å². The van der Waals surface area contributed by atoms with E-state index in [4.69, 9.17) is 9.26 Å². The van der Waals surface area contributed by atoms with Crippen molar-refractivity contribution in [3.05, 3.63) is 11.7 Å². The fourth-order valence-corrected chi connectivity index (χ4v) is 3.15. The average Bonchev–Trinajstić information content (AvgIpc) is 3.01. The van der Waals surface area contributed by atoms with Crippen molar-refractivity contribution in [3.8, 4) is 0 Å². The summed E-state index contributed by atoms with van der Waals surface area (Å²) >= 11 is 0. The first-order chi connectivity index (χ1) is 10.2. The van der Waals surface area contributed by atoms with Crippen LogP contribution in [0.5, 0.6) is 0 Å². The molecular formula is C16H26N2O3. The molecule has 0 amide bonds. The van der Waals surface area contributed by atoms with E-state index < -0.39 is 5.41 Å².